The number of fused-ring (bicyclic) bond motifs is 1. The first-order chi connectivity index (χ1) is 9.63. The minimum Gasteiger partial charge on any atom is -0.423 e. The summed E-state index contributed by atoms with van der Waals surface area (Å²) >= 11 is 0. The number of nitrogens with zero attached hydrogens (tertiary/aromatic N) is 1. The average Bonchev–Trinajstić information content (AvgIpc) is 2.87. The van der Waals surface area contributed by atoms with Gasteiger partial charge in [0.15, 0.2) is 0 Å². The lowest BCUT2D eigenvalue weighted by molar-refractivity contribution is -0.0588. The Morgan fingerprint density at radius 3 is 2.95 bits per heavy atom. The lowest BCUT2D eigenvalue weighted by Crippen LogP contribution is -2.48. The van der Waals surface area contributed by atoms with Gasteiger partial charge in [-0.15, -0.1) is 0 Å². The summed E-state index contributed by atoms with van der Waals surface area (Å²) < 4.78 is 19.3. The molecule has 6 heteroatoms. The standard InChI is InChI=1S/C14H19BFNO3/c16-12-7-10(6-11(8-12)15(18)19)9-17-4-5-20-14-3-1-2-13(14)17/h6-8,13-14,18-19H,1-5,9H2. The van der Waals surface area contributed by atoms with Crippen LogP contribution in [0.2, 0.25) is 0 Å². The molecule has 2 unspecified atom stereocenters. The number of morpholine rings is 1. The highest BCUT2D eigenvalue weighted by Gasteiger charge is 2.35. The zero-order chi connectivity index (χ0) is 14.1. The molecule has 2 N–H and O–H groups in total. The second kappa shape index (κ2) is 5.81. The number of halogens is 1. The largest absolute Gasteiger partial charge is 0.488 e. The van der Waals surface area contributed by atoms with Gasteiger partial charge in [-0.2, -0.15) is 0 Å². The van der Waals surface area contributed by atoms with Gasteiger partial charge in [0.2, 0.25) is 0 Å². The fraction of sp³-hybridized carbons (Fsp3) is 0.571. The zero-order valence-electron chi connectivity index (χ0n) is 11.3. The molecule has 0 bridgehead atoms. The Balaban J connectivity index is 1.76. The molecule has 0 radical (unpaired) electrons. The minimum absolute atomic E-state index is 0.205. The molecule has 4 nitrogen and oxygen atoms in total. The minimum atomic E-state index is -1.63. The van der Waals surface area contributed by atoms with Gasteiger partial charge in [0, 0.05) is 19.1 Å². The van der Waals surface area contributed by atoms with Crippen LogP contribution in [0.15, 0.2) is 18.2 Å². The molecule has 0 aromatic heterocycles. The Bertz CT molecular complexity index is 485. The SMILES string of the molecule is OB(O)c1cc(F)cc(CN2CCOC3CCCC32)c1. The average molecular weight is 279 g/mol. The Morgan fingerprint density at radius 2 is 2.15 bits per heavy atom. The van der Waals surface area contributed by atoms with Crippen LogP contribution in [0.3, 0.4) is 0 Å². The van der Waals surface area contributed by atoms with Crippen LogP contribution in [0.1, 0.15) is 24.8 Å². The molecule has 2 atom stereocenters. The summed E-state index contributed by atoms with van der Waals surface area (Å²) in [6.45, 7) is 2.18. The molecule has 1 aliphatic carbocycles. The van der Waals surface area contributed by atoms with Crippen molar-refractivity contribution in [2.24, 2.45) is 0 Å². The number of benzene rings is 1. The van der Waals surface area contributed by atoms with Crippen LogP contribution in [0, 0.1) is 5.82 Å². The van der Waals surface area contributed by atoms with E-state index in [4.69, 9.17) is 4.74 Å². The molecule has 1 aromatic carbocycles. The fourth-order valence-electron chi connectivity index (χ4n) is 3.35. The Labute approximate surface area is 118 Å². The van der Waals surface area contributed by atoms with E-state index in [2.05, 4.69) is 4.90 Å². The van der Waals surface area contributed by atoms with Crippen molar-refractivity contribution in [2.75, 3.05) is 13.2 Å². The van der Waals surface area contributed by atoms with Gasteiger partial charge < -0.3 is 14.8 Å². The summed E-state index contributed by atoms with van der Waals surface area (Å²) in [4.78, 5) is 2.32. The lowest BCUT2D eigenvalue weighted by Gasteiger charge is -2.37. The summed E-state index contributed by atoms with van der Waals surface area (Å²) in [7, 11) is -1.63. The molecule has 1 aliphatic heterocycles. The highest BCUT2D eigenvalue weighted by atomic mass is 19.1. The first-order valence-electron chi connectivity index (χ1n) is 7.14. The van der Waals surface area contributed by atoms with Crippen LogP contribution in [0.4, 0.5) is 4.39 Å². The van der Waals surface area contributed by atoms with Crippen LogP contribution in [0.25, 0.3) is 0 Å². The molecule has 1 saturated heterocycles. The van der Waals surface area contributed by atoms with Crippen molar-refractivity contribution in [3.63, 3.8) is 0 Å². The second-order valence-electron chi connectivity index (χ2n) is 5.64. The Morgan fingerprint density at radius 1 is 1.30 bits per heavy atom. The van der Waals surface area contributed by atoms with Crippen molar-refractivity contribution < 1.29 is 19.2 Å². The molecule has 3 rings (SSSR count). The van der Waals surface area contributed by atoms with Crippen molar-refractivity contribution in [3.8, 4) is 0 Å². The number of hydrogen-bond donors (Lipinski definition) is 2. The van der Waals surface area contributed by atoms with Crippen LogP contribution in [-0.4, -0.2) is 47.4 Å². The smallest absolute Gasteiger partial charge is 0.423 e. The molecular weight excluding hydrogens is 260 g/mol. The maximum Gasteiger partial charge on any atom is 0.488 e. The molecular formula is C14H19BFNO3. The Kier molecular flexibility index (Phi) is 4.07. The summed E-state index contributed by atoms with van der Waals surface area (Å²) in [5.41, 5.74) is 0.983. The van der Waals surface area contributed by atoms with Gasteiger partial charge in [-0.25, -0.2) is 4.39 Å². The van der Waals surface area contributed by atoms with Crippen molar-refractivity contribution in [1.82, 2.24) is 4.90 Å². The topological polar surface area (TPSA) is 52.9 Å². The van der Waals surface area contributed by atoms with E-state index in [9.17, 15) is 14.4 Å². The van der Waals surface area contributed by atoms with Gasteiger partial charge in [-0.3, -0.25) is 4.90 Å². The molecule has 108 valence electrons. The number of rotatable bonds is 3. The Hall–Kier alpha value is -0.945. The van der Waals surface area contributed by atoms with E-state index < -0.39 is 12.9 Å². The van der Waals surface area contributed by atoms with E-state index in [0.717, 1.165) is 31.0 Å². The van der Waals surface area contributed by atoms with Gasteiger partial charge >= 0.3 is 7.12 Å². The third kappa shape index (κ3) is 2.88. The van der Waals surface area contributed by atoms with Crippen LogP contribution in [0.5, 0.6) is 0 Å². The second-order valence-corrected chi connectivity index (χ2v) is 5.64. The van der Waals surface area contributed by atoms with Gasteiger partial charge in [-0.1, -0.05) is 6.07 Å². The van der Waals surface area contributed by atoms with Gasteiger partial charge in [0.1, 0.15) is 5.82 Å². The van der Waals surface area contributed by atoms with E-state index in [0.29, 0.717) is 25.3 Å². The third-order valence-electron chi connectivity index (χ3n) is 4.26. The first-order valence-corrected chi connectivity index (χ1v) is 7.14. The van der Waals surface area contributed by atoms with E-state index in [-0.39, 0.29) is 5.46 Å². The highest BCUT2D eigenvalue weighted by Crippen LogP contribution is 2.30. The molecule has 1 saturated carbocycles. The van der Waals surface area contributed by atoms with E-state index in [1.165, 1.54) is 12.5 Å². The van der Waals surface area contributed by atoms with Crippen molar-refractivity contribution in [2.45, 2.75) is 38.0 Å². The molecule has 0 spiro atoms. The number of hydrogen-bond acceptors (Lipinski definition) is 4. The molecule has 1 heterocycles. The van der Waals surface area contributed by atoms with Crippen LogP contribution in [-0.2, 0) is 11.3 Å². The van der Waals surface area contributed by atoms with Crippen LogP contribution < -0.4 is 5.46 Å². The quantitative estimate of drug-likeness (QED) is 0.779. The zero-order valence-corrected chi connectivity index (χ0v) is 11.3. The lowest BCUT2D eigenvalue weighted by atomic mass is 9.79. The van der Waals surface area contributed by atoms with Crippen molar-refractivity contribution >= 4 is 12.6 Å². The fourth-order valence-corrected chi connectivity index (χ4v) is 3.35. The van der Waals surface area contributed by atoms with Crippen molar-refractivity contribution in [1.29, 1.82) is 0 Å². The first kappa shape index (κ1) is 14.0. The molecule has 20 heavy (non-hydrogen) atoms. The third-order valence-corrected chi connectivity index (χ3v) is 4.26. The number of ether oxygens (including phenoxy) is 1. The maximum absolute atomic E-state index is 13.5. The van der Waals surface area contributed by atoms with Crippen LogP contribution >= 0.6 is 0 Å². The molecule has 2 fully saturated rings. The van der Waals surface area contributed by atoms with Gasteiger partial charge in [0.25, 0.3) is 0 Å². The summed E-state index contributed by atoms with van der Waals surface area (Å²) in [6.07, 6.45) is 3.70. The van der Waals surface area contributed by atoms with Gasteiger partial charge in [0.05, 0.1) is 12.7 Å². The van der Waals surface area contributed by atoms with E-state index in [1.807, 2.05) is 0 Å². The van der Waals surface area contributed by atoms with E-state index in [1.54, 1.807) is 6.07 Å². The molecule has 2 aliphatic rings. The summed E-state index contributed by atoms with van der Waals surface area (Å²) in [6, 6.07) is 4.69. The predicted octanol–water partition coefficient (Wildman–Crippen LogP) is 0.259. The molecule has 0 amide bonds. The highest BCUT2D eigenvalue weighted by molar-refractivity contribution is 6.58. The normalized spacial score (nSPS) is 26.6. The summed E-state index contributed by atoms with van der Waals surface area (Å²) in [5, 5.41) is 18.4. The monoisotopic (exact) mass is 279 g/mol. The van der Waals surface area contributed by atoms with Gasteiger partial charge in [-0.05, 0) is 42.4 Å². The summed E-state index contributed by atoms with van der Waals surface area (Å²) in [5.74, 6) is -0.429. The molecule has 1 aromatic rings. The predicted molar refractivity (Wildman–Crippen MR) is 74.0 cm³/mol. The van der Waals surface area contributed by atoms with Crippen molar-refractivity contribution in [3.05, 3.63) is 29.6 Å². The maximum atomic E-state index is 13.5. The van der Waals surface area contributed by atoms with E-state index >= 15 is 0 Å².